The van der Waals surface area contributed by atoms with Crippen molar-refractivity contribution in [2.45, 2.75) is 25.3 Å². The van der Waals surface area contributed by atoms with Crippen molar-refractivity contribution in [3.63, 3.8) is 0 Å². The Balaban J connectivity index is 2.01. The molecule has 3 N–H and O–H groups in total. The highest BCUT2D eigenvalue weighted by Crippen LogP contribution is 2.40. The molecule has 1 aliphatic heterocycles. The zero-order valence-corrected chi connectivity index (χ0v) is 11.3. The first-order valence-corrected chi connectivity index (χ1v) is 6.41. The van der Waals surface area contributed by atoms with Gasteiger partial charge in [0.2, 0.25) is 6.79 Å². The summed E-state index contributed by atoms with van der Waals surface area (Å²) >= 11 is 3.41. The number of carbonyl (C=O) groups is 1. The fraction of sp³-hybridized carbons (Fsp3) is 0.417. The minimum atomic E-state index is -0.822. The van der Waals surface area contributed by atoms with Crippen LogP contribution in [0, 0.1) is 0 Å². The van der Waals surface area contributed by atoms with E-state index in [9.17, 15) is 4.79 Å². The van der Waals surface area contributed by atoms with Gasteiger partial charge in [-0.2, -0.15) is 0 Å². The lowest BCUT2D eigenvalue weighted by Crippen LogP contribution is -2.23. The van der Waals surface area contributed by atoms with Gasteiger partial charge in [-0.3, -0.25) is 4.79 Å². The van der Waals surface area contributed by atoms with Crippen LogP contribution in [0.1, 0.15) is 18.4 Å². The lowest BCUT2D eigenvalue weighted by Gasteiger charge is -2.11. The summed E-state index contributed by atoms with van der Waals surface area (Å²) in [5, 5.41) is 8.60. The molecule has 0 aliphatic carbocycles. The standard InChI is InChI=1S/C12H14BrNO4/c13-9-4-7(3-8(14)1-2-11(15)16)5-10-12(9)18-6-17-10/h4-5,8H,1-3,6,14H2,(H,15,16). The van der Waals surface area contributed by atoms with Crippen molar-refractivity contribution in [1.29, 1.82) is 0 Å². The van der Waals surface area contributed by atoms with Crippen LogP contribution in [0.5, 0.6) is 11.5 Å². The van der Waals surface area contributed by atoms with Crippen molar-refractivity contribution >= 4 is 21.9 Å². The van der Waals surface area contributed by atoms with Crippen LogP contribution in [-0.4, -0.2) is 23.9 Å². The number of rotatable bonds is 5. The molecule has 98 valence electrons. The van der Waals surface area contributed by atoms with Crippen LogP contribution in [0.2, 0.25) is 0 Å². The quantitative estimate of drug-likeness (QED) is 0.867. The zero-order valence-electron chi connectivity index (χ0n) is 9.69. The van der Waals surface area contributed by atoms with E-state index in [0.29, 0.717) is 24.3 Å². The normalized spacial score (nSPS) is 14.6. The fourth-order valence-corrected chi connectivity index (χ4v) is 2.46. The molecular formula is C12H14BrNO4. The highest BCUT2D eigenvalue weighted by Gasteiger charge is 2.18. The van der Waals surface area contributed by atoms with Crippen molar-refractivity contribution in [1.82, 2.24) is 0 Å². The van der Waals surface area contributed by atoms with Crippen molar-refractivity contribution in [2.75, 3.05) is 6.79 Å². The van der Waals surface area contributed by atoms with Gasteiger partial charge in [0.15, 0.2) is 11.5 Å². The van der Waals surface area contributed by atoms with E-state index in [4.69, 9.17) is 20.3 Å². The molecule has 0 fully saturated rings. The van der Waals surface area contributed by atoms with Crippen LogP contribution in [0.3, 0.4) is 0 Å². The Hall–Kier alpha value is -1.27. The Morgan fingerprint density at radius 3 is 3.00 bits per heavy atom. The molecule has 1 atom stereocenters. The van der Waals surface area contributed by atoms with Gasteiger partial charge in [-0.1, -0.05) is 0 Å². The van der Waals surface area contributed by atoms with E-state index >= 15 is 0 Å². The molecule has 0 amide bonds. The van der Waals surface area contributed by atoms with Gasteiger partial charge >= 0.3 is 5.97 Å². The van der Waals surface area contributed by atoms with Crippen LogP contribution in [0.4, 0.5) is 0 Å². The first-order chi connectivity index (χ1) is 8.56. The van der Waals surface area contributed by atoms with Crippen LogP contribution < -0.4 is 15.2 Å². The number of carboxylic acids is 1. The number of hydrogen-bond acceptors (Lipinski definition) is 4. The molecule has 6 heteroatoms. The second-order valence-corrected chi connectivity index (χ2v) is 5.06. The summed E-state index contributed by atoms with van der Waals surface area (Å²) in [6, 6.07) is 3.63. The van der Waals surface area contributed by atoms with Gasteiger partial charge in [-0.25, -0.2) is 0 Å². The molecule has 1 aromatic carbocycles. The minimum absolute atomic E-state index is 0.0902. The average molecular weight is 316 g/mol. The second-order valence-electron chi connectivity index (χ2n) is 4.21. The van der Waals surface area contributed by atoms with E-state index in [0.717, 1.165) is 10.0 Å². The zero-order chi connectivity index (χ0) is 13.1. The number of halogens is 1. The molecule has 0 spiro atoms. The third kappa shape index (κ3) is 3.14. The number of hydrogen-bond donors (Lipinski definition) is 2. The van der Waals surface area contributed by atoms with Gasteiger partial charge in [0.05, 0.1) is 4.47 Å². The molecule has 0 aromatic heterocycles. The topological polar surface area (TPSA) is 81.8 Å². The van der Waals surface area contributed by atoms with Crippen molar-refractivity contribution in [2.24, 2.45) is 5.73 Å². The molecule has 18 heavy (non-hydrogen) atoms. The van der Waals surface area contributed by atoms with E-state index in [1.165, 1.54) is 0 Å². The Bertz CT molecular complexity index is 464. The number of aliphatic carboxylic acids is 1. The lowest BCUT2D eigenvalue weighted by atomic mass is 10.0. The smallest absolute Gasteiger partial charge is 0.303 e. The molecule has 0 saturated carbocycles. The Labute approximate surface area is 113 Å². The highest BCUT2D eigenvalue weighted by molar-refractivity contribution is 9.10. The van der Waals surface area contributed by atoms with Crippen molar-refractivity contribution in [3.05, 3.63) is 22.2 Å². The summed E-state index contributed by atoms with van der Waals surface area (Å²) in [5.74, 6) is 0.583. The molecule has 1 unspecified atom stereocenters. The number of nitrogens with two attached hydrogens (primary N) is 1. The third-order valence-corrected chi connectivity index (χ3v) is 3.30. The fourth-order valence-electron chi connectivity index (χ4n) is 1.85. The Morgan fingerprint density at radius 1 is 1.50 bits per heavy atom. The molecule has 2 rings (SSSR count). The van der Waals surface area contributed by atoms with Crippen LogP contribution in [0.15, 0.2) is 16.6 Å². The third-order valence-electron chi connectivity index (χ3n) is 2.71. The SMILES string of the molecule is NC(CCC(=O)O)Cc1cc(Br)c2c(c1)OCO2. The largest absolute Gasteiger partial charge is 0.481 e. The van der Waals surface area contributed by atoms with E-state index in [2.05, 4.69) is 15.9 Å². The minimum Gasteiger partial charge on any atom is -0.481 e. The first-order valence-electron chi connectivity index (χ1n) is 5.61. The highest BCUT2D eigenvalue weighted by atomic mass is 79.9. The van der Waals surface area contributed by atoms with Gasteiger partial charge in [0.25, 0.3) is 0 Å². The molecule has 0 bridgehead atoms. The molecule has 1 aromatic rings. The molecule has 0 saturated heterocycles. The lowest BCUT2D eigenvalue weighted by molar-refractivity contribution is -0.137. The van der Waals surface area contributed by atoms with Crippen LogP contribution in [0.25, 0.3) is 0 Å². The summed E-state index contributed by atoms with van der Waals surface area (Å²) in [4.78, 5) is 10.5. The maximum Gasteiger partial charge on any atom is 0.303 e. The van der Waals surface area contributed by atoms with E-state index in [-0.39, 0.29) is 19.3 Å². The maximum atomic E-state index is 10.5. The van der Waals surface area contributed by atoms with Gasteiger partial charge in [0.1, 0.15) is 0 Å². The molecular weight excluding hydrogens is 302 g/mol. The predicted octanol–water partition coefficient (Wildman–Crippen LogP) is 1.91. The summed E-state index contributed by atoms with van der Waals surface area (Å²) in [5.41, 5.74) is 6.90. The summed E-state index contributed by atoms with van der Waals surface area (Å²) in [6.45, 7) is 0.225. The number of ether oxygens (including phenoxy) is 2. The summed E-state index contributed by atoms with van der Waals surface area (Å²) < 4.78 is 11.4. The number of fused-ring (bicyclic) bond motifs is 1. The summed E-state index contributed by atoms with van der Waals surface area (Å²) in [6.07, 6.45) is 1.16. The molecule has 1 heterocycles. The van der Waals surface area contributed by atoms with Gasteiger partial charge < -0.3 is 20.3 Å². The van der Waals surface area contributed by atoms with Crippen LogP contribution in [-0.2, 0) is 11.2 Å². The van der Waals surface area contributed by atoms with E-state index < -0.39 is 5.97 Å². The average Bonchev–Trinajstić information content (AvgIpc) is 2.75. The van der Waals surface area contributed by atoms with Gasteiger partial charge in [0, 0.05) is 12.5 Å². The second kappa shape index (κ2) is 5.58. The molecule has 1 aliphatic rings. The van der Waals surface area contributed by atoms with Crippen molar-refractivity contribution < 1.29 is 19.4 Å². The van der Waals surface area contributed by atoms with Gasteiger partial charge in [-0.15, -0.1) is 0 Å². The van der Waals surface area contributed by atoms with E-state index in [1.807, 2.05) is 12.1 Å². The number of benzene rings is 1. The van der Waals surface area contributed by atoms with Crippen LogP contribution >= 0.6 is 15.9 Å². The Morgan fingerprint density at radius 2 is 2.28 bits per heavy atom. The first kappa shape index (κ1) is 13.2. The summed E-state index contributed by atoms with van der Waals surface area (Å²) in [7, 11) is 0. The van der Waals surface area contributed by atoms with Crippen molar-refractivity contribution in [3.8, 4) is 11.5 Å². The van der Waals surface area contributed by atoms with Gasteiger partial charge in [-0.05, 0) is 46.5 Å². The monoisotopic (exact) mass is 315 g/mol. The predicted molar refractivity (Wildman–Crippen MR) is 68.8 cm³/mol. The van der Waals surface area contributed by atoms with E-state index in [1.54, 1.807) is 0 Å². The number of carboxylic acid groups (broad SMARTS) is 1. The maximum absolute atomic E-state index is 10.5. The molecule has 0 radical (unpaired) electrons. The molecule has 5 nitrogen and oxygen atoms in total. The Kier molecular flexibility index (Phi) is 4.08.